The summed E-state index contributed by atoms with van der Waals surface area (Å²) in [6.45, 7) is 9.10. The lowest BCUT2D eigenvalue weighted by Gasteiger charge is -2.40. The van der Waals surface area contributed by atoms with E-state index in [9.17, 15) is 9.18 Å². The molecule has 2 aromatic heterocycles. The summed E-state index contributed by atoms with van der Waals surface area (Å²) in [5, 5.41) is 0. The van der Waals surface area contributed by atoms with Crippen LogP contribution in [0.1, 0.15) is 27.7 Å². The van der Waals surface area contributed by atoms with Crippen LogP contribution in [0, 0.1) is 5.82 Å². The Morgan fingerprint density at radius 1 is 1.09 bits per heavy atom. The van der Waals surface area contributed by atoms with Crippen LogP contribution in [-0.4, -0.2) is 57.2 Å². The van der Waals surface area contributed by atoms with Crippen LogP contribution in [0.4, 0.5) is 21.0 Å². The van der Waals surface area contributed by atoms with Crippen molar-refractivity contribution in [3.05, 3.63) is 42.2 Å². The van der Waals surface area contributed by atoms with E-state index in [0.29, 0.717) is 42.2 Å². The van der Waals surface area contributed by atoms with Crippen LogP contribution in [0.3, 0.4) is 0 Å². The van der Waals surface area contributed by atoms with Gasteiger partial charge in [0.1, 0.15) is 16.9 Å². The molecule has 4 rings (SSSR count). The number of aromatic nitrogens is 3. The van der Waals surface area contributed by atoms with Gasteiger partial charge in [0.25, 0.3) is 0 Å². The fourth-order valence-corrected chi connectivity index (χ4v) is 3.76. The van der Waals surface area contributed by atoms with E-state index >= 15 is 0 Å². The number of piperazine rings is 1. The van der Waals surface area contributed by atoms with Gasteiger partial charge in [0.2, 0.25) is 5.95 Å². The number of pyridine rings is 1. The third-order valence-corrected chi connectivity index (χ3v) is 5.23. The van der Waals surface area contributed by atoms with Gasteiger partial charge >= 0.3 is 6.09 Å². The molecule has 8 nitrogen and oxygen atoms in total. The molecule has 0 aliphatic carbocycles. The molecule has 2 N–H and O–H groups in total. The van der Waals surface area contributed by atoms with E-state index in [1.54, 1.807) is 17.0 Å². The van der Waals surface area contributed by atoms with Crippen LogP contribution in [0.5, 0.6) is 0 Å². The molecule has 0 spiro atoms. The molecule has 3 aromatic rings. The molecule has 32 heavy (non-hydrogen) atoms. The summed E-state index contributed by atoms with van der Waals surface area (Å²) in [4.78, 5) is 29.9. The van der Waals surface area contributed by atoms with Crippen LogP contribution in [0.15, 0.2) is 36.4 Å². The van der Waals surface area contributed by atoms with E-state index in [1.807, 2.05) is 39.8 Å². The zero-order valence-electron chi connectivity index (χ0n) is 18.7. The Hall–Kier alpha value is -3.49. The zero-order chi connectivity index (χ0) is 23.0. The minimum absolute atomic E-state index is 0.0370. The van der Waals surface area contributed by atoms with Crippen molar-refractivity contribution < 1.29 is 13.9 Å². The number of ether oxygens (including phenoxy) is 1. The van der Waals surface area contributed by atoms with Crippen molar-refractivity contribution in [3.8, 4) is 11.3 Å². The van der Waals surface area contributed by atoms with Crippen molar-refractivity contribution in [3.63, 3.8) is 0 Å². The SMILES string of the molecule is C[C@@H]1CN(C(=O)OC(C)(C)C)CCN1c1nc(N)nc2ccc(-c3ccc(F)cc3)nc12. The van der Waals surface area contributed by atoms with Gasteiger partial charge in [0.05, 0.1) is 11.2 Å². The average Bonchev–Trinajstić information content (AvgIpc) is 2.72. The summed E-state index contributed by atoms with van der Waals surface area (Å²) in [6, 6.07) is 9.80. The van der Waals surface area contributed by atoms with Gasteiger partial charge in [-0.05, 0) is 64.1 Å². The second-order valence-electron chi connectivity index (χ2n) is 8.95. The molecule has 0 unspecified atom stereocenters. The van der Waals surface area contributed by atoms with E-state index in [4.69, 9.17) is 15.5 Å². The van der Waals surface area contributed by atoms with Gasteiger partial charge in [-0.15, -0.1) is 0 Å². The Morgan fingerprint density at radius 3 is 2.47 bits per heavy atom. The number of nitrogen functional groups attached to an aromatic ring is 1. The first-order valence-electron chi connectivity index (χ1n) is 10.6. The van der Waals surface area contributed by atoms with Gasteiger partial charge in [0, 0.05) is 31.2 Å². The molecule has 3 heterocycles. The molecule has 1 atom stereocenters. The maximum absolute atomic E-state index is 13.3. The standard InChI is InChI=1S/C23H27FN6O2/c1-14-13-29(22(31)32-23(2,3)4)11-12-30(14)20-19-18(27-21(25)28-20)10-9-17(26-19)15-5-7-16(24)8-6-15/h5-10,14H,11-13H2,1-4H3,(H2,25,27,28)/t14-/m1/s1. The summed E-state index contributed by atoms with van der Waals surface area (Å²) in [5.74, 6) is 0.474. The lowest BCUT2D eigenvalue weighted by molar-refractivity contribution is 0.0218. The average molecular weight is 439 g/mol. The Labute approximate surface area is 186 Å². The smallest absolute Gasteiger partial charge is 0.410 e. The normalized spacial score (nSPS) is 17.0. The number of amides is 1. The number of hydrogen-bond donors (Lipinski definition) is 1. The Kier molecular flexibility index (Phi) is 5.58. The van der Waals surface area contributed by atoms with Gasteiger partial charge in [-0.25, -0.2) is 19.2 Å². The quantitative estimate of drug-likeness (QED) is 0.649. The van der Waals surface area contributed by atoms with Gasteiger partial charge in [0.15, 0.2) is 5.82 Å². The molecule has 9 heteroatoms. The van der Waals surface area contributed by atoms with Crippen molar-refractivity contribution >= 4 is 28.9 Å². The van der Waals surface area contributed by atoms with E-state index < -0.39 is 5.60 Å². The molecule has 1 aliphatic heterocycles. The summed E-state index contributed by atoms with van der Waals surface area (Å²) in [5.41, 5.74) is 8.15. The highest BCUT2D eigenvalue weighted by Gasteiger charge is 2.31. The molecule has 1 aromatic carbocycles. The number of benzene rings is 1. The van der Waals surface area contributed by atoms with Crippen molar-refractivity contribution in [2.75, 3.05) is 30.3 Å². The number of rotatable bonds is 2. The number of carbonyl (C=O) groups is 1. The number of anilines is 2. The second-order valence-corrected chi connectivity index (χ2v) is 8.95. The van der Waals surface area contributed by atoms with E-state index in [0.717, 1.165) is 5.56 Å². The molecule has 0 bridgehead atoms. The van der Waals surface area contributed by atoms with Crippen molar-refractivity contribution in [1.29, 1.82) is 0 Å². The predicted molar refractivity (Wildman–Crippen MR) is 122 cm³/mol. The molecule has 1 aliphatic rings. The van der Waals surface area contributed by atoms with Crippen LogP contribution in [-0.2, 0) is 4.74 Å². The minimum atomic E-state index is -0.546. The summed E-state index contributed by atoms with van der Waals surface area (Å²) >= 11 is 0. The largest absolute Gasteiger partial charge is 0.444 e. The highest BCUT2D eigenvalue weighted by molar-refractivity contribution is 5.89. The van der Waals surface area contributed by atoms with Crippen LogP contribution in [0.2, 0.25) is 0 Å². The van der Waals surface area contributed by atoms with E-state index in [1.165, 1.54) is 12.1 Å². The molecule has 0 radical (unpaired) electrons. The van der Waals surface area contributed by atoms with Crippen molar-refractivity contribution in [2.45, 2.75) is 39.3 Å². The fraction of sp³-hybridized carbons (Fsp3) is 0.391. The number of nitrogens with two attached hydrogens (primary N) is 1. The fourth-order valence-electron chi connectivity index (χ4n) is 3.76. The first kappa shape index (κ1) is 21.7. The lowest BCUT2D eigenvalue weighted by Crippen LogP contribution is -2.55. The van der Waals surface area contributed by atoms with Crippen LogP contribution < -0.4 is 10.6 Å². The summed E-state index contributed by atoms with van der Waals surface area (Å²) in [7, 11) is 0. The van der Waals surface area contributed by atoms with Crippen molar-refractivity contribution in [2.24, 2.45) is 0 Å². The summed E-state index contributed by atoms with van der Waals surface area (Å²) in [6.07, 6.45) is -0.326. The second kappa shape index (κ2) is 8.22. The third kappa shape index (κ3) is 4.56. The molecule has 1 fully saturated rings. The van der Waals surface area contributed by atoms with Crippen LogP contribution >= 0.6 is 0 Å². The minimum Gasteiger partial charge on any atom is -0.444 e. The lowest BCUT2D eigenvalue weighted by atomic mass is 10.1. The molecular weight excluding hydrogens is 411 g/mol. The van der Waals surface area contributed by atoms with E-state index in [2.05, 4.69) is 14.9 Å². The van der Waals surface area contributed by atoms with Gasteiger partial charge in [-0.2, -0.15) is 4.98 Å². The number of halogens is 1. The molecule has 1 amide bonds. The van der Waals surface area contributed by atoms with Gasteiger partial charge in [-0.1, -0.05) is 0 Å². The highest BCUT2D eigenvalue weighted by atomic mass is 19.1. The molecular formula is C23H27FN6O2. The van der Waals surface area contributed by atoms with Crippen LogP contribution in [0.25, 0.3) is 22.3 Å². The van der Waals surface area contributed by atoms with E-state index in [-0.39, 0.29) is 23.9 Å². The van der Waals surface area contributed by atoms with Crippen molar-refractivity contribution in [1.82, 2.24) is 19.9 Å². The number of carbonyl (C=O) groups excluding carboxylic acids is 1. The maximum Gasteiger partial charge on any atom is 0.410 e. The number of nitrogens with zero attached hydrogens (tertiary/aromatic N) is 5. The predicted octanol–water partition coefficient (Wildman–Crippen LogP) is 3.86. The Morgan fingerprint density at radius 2 is 1.81 bits per heavy atom. The number of fused-ring (bicyclic) bond motifs is 1. The maximum atomic E-state index is 13.3. The first-order chi connectivity index (χ1) is 15.1. The van der Waals surface area contributed by atoms with Gasteiger partial charge in [-0.3, -0.25) is 0 Å². The Balaban J connectivity index is 1.65. The Bertz CT molecular complexity index is 1150. The molecule has 0 saturated carbocycles. The first-order valence-corrected chi connectivity index (χ1v) is 10.6. The topological polar surface area (TPSA) is 97.5 Å². The third-order valence-electron chi connectivity index (χ3n) is 5.23. The number of hydrogen-bond acceptors (Lipinski definition) is 7. The highest BCUT2D eigenvalue weighted by Crippen LogP contribution is 2.29. The zero-order valence-corrected chi connectivity index (χ0v) is 18.7. The van der Waals surface area contributed by atoms with Gasteiger partial charge < -0.3 is 20.3 Å². The summed E-state index contributed by atoms with van der Waals surface area (Å²) < 4.78 is 18.8. The molecule has 1 saturated heterocycles. The monoisotopic (exact) mass is 438 g/mol. The molecule has 168 valence electrons.